The first-order valence-electron chi connectivity index (χ1n) is 6.69. The third-order valence-corrected chi connectivity index (χ3v) is 4.92. The van der Waals surface area contributed by atoms with Crippen molar-refractivity contribution in [3.05, 3.63) is 26.9 Å². The van der Waals surface area contributed by atoms with Crippen LogP contribution in [0.25, 0.3) is 11.0 Å². The molecule has 1 unspecified atom stereocenters. The van der Waals surface area contributed by atoms with E-state index in [4.69, 9.17) is 35.4 Å². The Morgan fingerprint density at radius 3 is 2.68 bits per heavy atom. The third-order valence-electron chi connectivity index (χ3n) is 3.90. The Morgan fingerprint density at radius 2 is 2.05 bits per heavy atom. The normalized spacial score (nSPS) is 17.0. The van der Waals surface area contributed by atoms with Crippen LogP contribution < -0.4 is 0 Å². The molecule has 3 rings (SSSR count). The highest BCUT2D eigenvalue weighted by atomic mass is 35.5. The summed E-state index contributed by atoms with van der Waals surface area (Å²) in [6.07, 6.45) is 5.01. The van der Waals surface area contributed by atoms with Crippen LogP contribution in [0.15, 0.2) is 12.1 Å². The zero-order valence-corrected chi connectivity index (χ0v) is 13.1. The minimum absolute atomic E-state index is 0.450. The van der Waals surface area contributed by atoms with Gasteiger partial charge in [0.2, 0.25) is 0 Å². The van der Waals surface area contributed by atoms with E-state index in [1.165, 1.54) is 19.3 Å². The zero-order chi connectivity index (χ0) is 13.6. The van der Waals surface area contributed by atoms with Crippen molar-refractivity contribution in [2.24, 2.45) is 5.92 Å². The summed E-state index contributed by atoms with van der Waals surface area (Å²) in [4.78, 5) is 3.24. The van der Waals surface area contributed by atoms with Crippen LogP contribution in [-0.4, -0.2) is 9.55 Å². The number of nitrogens with zero attached hydrogens (tertiary/aromatic N) is 1. The number of aromatic amines is 1. The number of aromatic nitrogens is 2. The predicted octanol–water partition coefficient (Wildman–Crippen LogP) is 5.76. The number of fused-ring (bicyclic) bond motifs is 1. The van der Waals surface area contributed by atoms with Crippen molar-refractivity contribution in [2.45, 2.75) is 38.6 Å². The second-order valence-electron chi connectivity index (χ2n) is 5.32. The number of hydrogen-bond donors (Lipinski definition) is 1. The van der Waals surface area contributed by atoms with Crippen molar-refractivity contribution in [1.82, 2.24) is 9.55 Å². The van der Waals surface area contributed by atoms with Gasteiger partial charge < -0.3 is 9.55 Å². The molecule has 1 saturated carbocycles. The molecule has 0 amide bonds. The van der Waals surface area contributed by atoms with Crippen LogP contribution in [0.5, 0.6) is 0 Å². The van der Waals surface area contributed by atoms with Gasteiger partial charge in [0.1, 0.15) is 0 Å². The van der Waals surface area contributed by atoms with Gasteiger partial charge in [-0.05, 0) is 43.1 Å². The average Bonchev–Trinajstić information content (AvgIpc) is 3.13. The quantitative estimate of drug-likeness (QED) is 0.712. The van der Waals surface area contributed by atoms with Crippen LogP contribution in [0.2, 0.25) is 10.0 Å². The summed E-state index contributed by atoms with van der Waals surface area (Å²) in [5, 5.41) is 1.14. The van der Waals surface area contributed by atoms with Gasteiger partial charge in [0.25, 0.3) is 0 Å². The summed E-state index contributed by atoms with van der Waals surface area (Å²) in [6, 6.07) is 4.22. The van der Waals surface area contributed by atoms with Crippen molar-refractivity contribution >= 4 is 46.5 Å². The topological polar surface area (TPSA) is 20.7 Å². The van der Waals surface area contributed by atoms with Gasteiger partial charge in [0.15, 0.2) is 4.77 Å². The Morgan fingerprint density at radius 1 is 1.37 bits per heavy atom. The van der Waals surface area contributed by atoms with E-state index in [1.807, 2.05) is 12.1 Å². The number of halogens is 2. The Labute approximate surface area is 127 Å². The fourth-order valence-electron chi connectivity index (χ4n) is 2.68. The summed E-state index contributed by atoms with van der Waals surface area (Å²) in [7, 11) is 0. The smallest absolute Gasteiger partial charge is 0.178 e. The van der Waals surface area contributed by atoms with E-state index < -0.39 is 0 Å². The molecule has 102 valence electrons. The monoisotopic (exact) mass is 314 g/mol. The molecule has 1 aromatic heterocycles. The molecule has 19 heavy (non-hydrogen) atoms. The van der Waals surface area contributed by atoms with Gasteiger partial charge in [-0.15, -0.1) is 0 Å². The second-order valence-corrected chi connectivity index (χ2v) is 6.53. The van der Waals surface area contributed by atoms with E-state index >= 15 is 0 Å². The van der Waals surface area contributed by atoms with E-state index in [1.54, 1.807) is 0 Å². The Balaban J connectivity index is 2.12. The lowest BCUT2D eigenvalue weighted by Crippen LogP contribution is -2.09. The molecule has 2 aromatic rings. The van der Waals surface area contributed by atoms with Gasteiger partial charge in [-0.1, -0.05) is 43.0 Å². The molecule has 1 aliphatic rings. The van der Waals surface area contributed by atoms with Crippen molar-refractivity contribution in [1.29, 1.82) is 0 Å². The number of hydrogen-bond acceptors (Lipinski definition) is 1. The van der Waals surface area contributed by atoms with E-state index in [2.05, 4.69) is 16.5 Å². The number of benzene rings is 1. The highest BCUT2D eigenvalue weighted by molar-refractivity contribution is 7.71. The molecular formula is C14H16Cl2N2S. The summed E-state index contributed by atoms with van der Waals surface area (Å²) in [5.41, 5.74) is 2.03. The molecule has 1 heterocycles. The minimum atomic E-state index is 0.450. The SMILES string of the molecule is CCC(CC1CC1)n1c(=S)[nH]c2cc(Cl)c(Cl)cc21. The average molecular weight is 315 g/mol. The molecular weight excluding hydrogens is 299 g/mol. The van der Waals surface area contributed by atoms with E-state index in [-0.39, 0.29) is 0 Å². The van der Waals surface area contributed by atoms with E-state index in [9.17, 15) is 0 Å². The highest BCUT2D eigenvalue weighted by Gasteiger charge is 2.26. The fraction of sp³-hybridized carbons (Fsp3) is 0.500. The molecule has 1 aromatic carbocycles. The zero-order valence-electron chi connectivity index (χ0n) is 10.7. The maximum absolute atomic E-state index is 6.14. The number of rotatable bonds is 4. The van der Waals surface area contributed by atoms with Crippen molar-refractivity contribution < 1.29 is 0 Å². The van der Waals surface area contributed by atoms with Crippen molar-refractivity contribution in [3.8, 4) is 0 Å². The van der Waals surface area contributed by atoms with Gasteiger partial charge >= 0.3 is 0 Å². The maximum Gasteiger partial charge on any atom is 0.178 e. The fourth-order valence-corrected chi connectivity index (χ4v) is 3.36. The molecule has 0 saturated heterocycles. The maximum atomic E-state index is 6.14. The number of nitrogens with one attached hydrogen (secondary N) is 1. The van der Waals surface area contributed by atoms with Crippen LogP contribution in [0.3, 0.4) is 0 Å². The number of H-pyrrole nitrogens is 1. The highest BCUT2D eigenvalue weighted by Crippen LogP contribution is 2.39. The molecule has 1 atom stereocenters. The van der Waals surface area contributed by atoms with Crippen LogP contribution in [0.4, 0.5) is 0 Å². The first kappa shape index (κ1) is 13.5. The predicted molar refractivity (Wildman–Crippen MR) is 83.8 cm³/mol. The molecule has 0 spiro atoms. The summed E-state index contributed by atoms with van der Waals surface area (Å²) >= 11 is 17.7. The molecule has 1 aliphatic carbocycles. The molecule has 5 heteroatoms. The largest absolute Gasteiger partial charge is 0.331 e. The molecule has 2 nitrogen and oxygen atoms in total. The molecule has 1 fully saturated rings. The number of imidazole rings is 1. The van der Waals surface area contributed by atoms with Crippen LogP contribution in [0, 0.1) is 10.7 Å². The lowest BCUT2D eigenvalue weighted by molar-refractivity contribution is 0.434. The first-order valence-corrected chi connectivity index (χ1v) is 7.85. The van der Waals surface area contributed by atoms with Gasteiger partial charge in [-0.25, -0.2) is 0 Å². The van der Waals surface area contributed by atoms with Crippen LogP contribution in [0.1, 0.15) is 38.6 Å². The summed E-state index contributed by atoms with van der Waals surface area (Å²) in [5.74, 6) is 0.875. The second kappa shape index (κ2) is 5.12. The van der Waals surface area contributed by atoms with Crippen LogP contribution >= 0.6 is 35.4 Å². The van der Waals surface area contributed by atoms with Gasteiger partial charge in [-0.3, -0.25) is 0 Å². The van der Waals surface area contributed by atoms with E-state index in [0.717, 1.165) is 28.1 Å². The Kier molecular flexibility index (Phi) is 3.63. The van der Waals surface area contributed by atoms with Gasteiger partial charge in [0.05, 0.1) is 21.1 Å². The molecule has 0 aliphatic heterocycles. The van der Waals surface area contributed by atoms with Crippen molar-refractivity contribution in [2.75, 3.05) is 0 Å². The Bertz CT molecular complexity index is 670. The third kappa shape index (κ3) is 2.56. The first-order chi connectivity index (χ1) is 9.10. The summed E-state index contributed by atoms with van der Waals surface area (Å²) in [6.45, 7) is 2.21. The lowest BCUT2D eigenvalue weighted by Gasteiger charge is -2.17. The van der Waals surface area contributed by atoms with Gasteiger partial charge in [0, 0.05) is 6.04 Å². The van der Waals surface area contributed by atoms with E-state index in [0.29, 0.717) is 16.1 Å². The standard InChI is InChI=1S/C14H16Cl2N2S/c1-2-9(5-8-3-4-8)18-13-7-11(16)10(15)6-12(13)17-14(18)19/h6-9H,2-5H2,1H3,(H,17,19). The Hall–Kier alpha value is -0.510. The van der Waals surface area contributed by atoms with Crippen molar-refractivity contribution in [3.63, 3.8) is 0 Å². The summed E-state index contributed by atoms with van der Waals surface area (Å²) < 4.78 is 2.98. The minimum Gasteiger partial charge on any atom is -0.331 e. The molecule has 0 radical (unpaired) electrons. The molecule has 0 bridgehead atoms. The lowest BCUT2D eigenvalue weighted by atomic mass is 10.1. The van der Waals surface area contributed by atoms with Gasteiger partial charge in [-0.2, -0.15) is 0 Å². The van der Waals surface area contributed by atoms with Crippen LogP contribution in [-0.2, 0) is 0 Å². The molecule has 1 N–H and O–H groups in total.